The molecule has 0 radical (unpaired) electrons. The highest BCUT2D eigenvalue weighted by molar-refractivity contribution is 7.87. The highest BCUT2D eigenvalue weighted by Crippen LogP contribution is 2.28. The minimum absolute atomic E-state index is 0.0176. The van der Waals surface area contributed by atoms with E-state index in [4.69, 9.17) is 4.55 Å². The molecule has 0 fully saturated rings. The zero-order chi connectivity index (χ0) is 14.6. The van der Waals surface area contributed by atoms with E-state index < -0.39 is 32.7 Å². The van der Waals surface area contributed by atoms with E-state index >= 15 is 0 Å². The van der Waals surface area contributed by atoms with Gasteiger partial charge in [-0.25, -0.2) is 0 Å². The Morgan fingerprint density at radius 1 is 1.11 bits per heavy atom. The molecule has 0 spiro atoms. The largest absolute Gasteiger partial charge is 0.465 e. The van der Waals surface area contributed by atoms with Crippen LogP contribution in [0.4, 0.5) is 0 Å². The Morgan fingerprint density at radius 2 is 1.44 bits per heavy atom. The van der Waals surface area contributed by atoms with Crippen LogP contribution in [0.3, 0.4) is 0 Å². The average molecular weight is 282 g/mol. The molecule has 0 rings (SSSR count). The summed E-state index contributed by atoms with van der Waals surface area (Å²) in [5.41, 5.74) is 0. The van der Waals surface area contributed by atoms with Gasteiger partial charge in [-0.15, -0.1) is 0 Å². The summed E-state index contributed by atoms with van der Waals surface area (Å²) in [6.45, 7) is 5.11. The molecular formula is C10H18O7S. The van der Waals surface area contributed by atoms with Crippen molar-refractivity contribution < 1.29 is 32.0 Å². The van der Waals surface area contributed by atoms with Crippen molar-refractivity contribution in [2.75, 3.05) is 13.2 Å². The van der Waals surface area contributed by atoms with Gasteiger partial charge in [0.2, 0.25) is 0 Å². The lowest BCUT2D eigenvalue weighted by molar-refractivity contribution is -0.163. The summed E-state index contributed by atoms with van der Waals surface area (Å²) < 4.78 is 38.9. The molecule has 0 saturated heterocycles. The van der Waals surface area contributed by atoms with Crippen molar-refractivity contribution in [1.82, 2.24) is 0 Å². The van der Waals surface area contributed by atoms with Gasteiger partial charge in [-0.2, -0.15) is 8.42 Å². The molecule has 18 heavy (non-hydrogen) atoms. The van der Waals surface area contributed by atoms with Crippen LogP contribution in [-0.4, -0.2) is 42.9 Å². The third-order valence-electron chi connectivity index (χ3n) is 2.40. The van der Waals surface area contributed by atoms with Gasteiger partial charge in [0.1, 0.15) is 4.75 Å². The molecule has 0 aliphatic carbocycles. The van der Waals surface area contributed by atoms with Crippen LogP contribution in [0.25, 0.3) is 0 Å². The van der Waals surface area contributed by atoms with Gasteiger partial charge in [0, 0.05) is 0 Å². The third kappa shape index (κ3) is 3.67. The number of hydrogen-bond donors (Lipinski definition) is 1. The predicted octanol–water partition coefficient (Wildman–Crippen LogP) is 0.395. The Kier molecular flexibility index (Phi) is 5.75. The van der Waals surface area contributed by atoms with Gasteiger partial charge >= 0.3 is 11.9 Å². The normalized spacial score (nSPS) is 12.3. The first-order chi connectivity index (χ1) is 8.09. The molecule has 0 aliphatic rings. The third-order valence-corrected chi connectivity index (χ3v) is 3.97. The maximum atomic E-state index is 11.7. The predicted molar refractivity (Wildman–Crippen MR) is 62.4 cm³/mol. The average Bonchev–Trinajstić information content (AvgIpc) is 2.16. The van der Waals surface area contributed by atoms with E-state index in [1.54, 1.807) is 0 Å². The number of esters is 2. The van der Waals surface area contributed by atoms with Crippen molar-refractivity contribution in [2.45, 2.75) is 32.4 Å². The quantitative estimate of drug-likeness (QED) is 0.426. The Labute approximate surface area is 106 Å². The van der Waals surface area contributed by atoms with E-state index in [-0.39, 0.29) is 13.2 Å². The lowest BCUT2D eigenvalue weighted by atomic mass is 9.95. The van der Waals surface area contributed by atoms with E-state index in [2.05, 4.69) is 9.47 Å². The summed E-state index contributed by atoms with van der Waals surface area (Å²) >= 11 is 0. The van der Waals surface area contributed by atoms with Gasteiger partial charge in [0.25, 0.3) is 10.1 Å². The van der Waals surface area contributed by atoms with Crippen LogP contribution >= 0.6 is 0 Å². The molecule has 7 nitrogen and oxygen atoms in total. The van der Waals surface area contributed by atoms with Crippen LogP contribution in [0.1, 0.15) is 27.7 Å². The molecule has 1 N–H and O–H groups in total. The maximum absolute atomic E-state index is 11.7. The van der Waals surface area contributed by atoms with Crippen molar-refractivity contribution >= 4 is 22.1 Å². The van der Waals surface area contributed by atoms with Gasteiger partial charge in [-0.3, -0.25) is 14.1 Å². The molecule has 0 aromatic rings. The molecule has 0 aromatic carbocycles. The fourth-order valence-corrected chi connectivity index (χ4v) is 1.75. The van der Waals surface area contributed by atoms with Gasteiger partial charge in [0.05, 0.1) is 13.2 Å². The smallest absolute Gasteiger partial charge is 0.322 e. The number of ether oxygens (including phenoxy) is 2. The summed E-state index contributed by atoms with van der Waals surface area (Å²) in [7, 11) is -4.63. The SMILES string of the molecule is CCOC(=O)C(C(=O)OCC)C(C)(C)S(=O)(=O)O. The molecule has 8 heteroatoms. The van der Waals surface area contributed by atoms with Gasteiger partial charge in [0.15, 0.2) is 5.92 Å². The second kappa shape index (κ2) is 6.14. The van der Waals surface area contributed by atoms with Crippen molar-refractivity contribution in [3.63, 3.8) is 0 Å². The number of rotatable bonds is 6. The van der Waals surface area contributed by atoms with E-state index in [1.807, 2.05) is 0 Å². The summed E-state index contributed by atoms with van der Waals surface area (Å²) in [5.74, 6) is -3.82. The summed E-state index contributed by atoms with van der Waals surface area (Å²) in [6, 6.07) is 0. The van der Waals surface area contributed by atoms with Crippen LogP contribution in [-0.2, 0) is 29.2 Å². The fourth-order valence-electron chi connectivity index (χ4n) is 1.26. The van der Waals surface area contributed by atoms with Crippen molar-refractivity contribution in [2.24, 2.45) is 5.92 Å². The Balaban J connectivity index is 5.48. The van der Waals surface area contributed by atoms with Crippen LogP contribution in [0.15, 0.2) is 0 Å². The van der Waals surface area contributed by atoms with E-state index in [0.29, 0.717) is 0 Å². The maximum Gasteiger partial charge on any atom is 0.322 e. The molecule has 106 valence electrons. The second-order valence-corrected chi connectivity index (χ2v) is 6.02. The molecule has 0 bridgehead atoms. The first-order valence-electron chi connectivity index (χ1n) is 5.39. The highest BCUT2D eigenvalue weighted by atomic mass is 32.2. The van der Waals surface area contributed by atoms with E-state index in [1.165, 1.54) is 13.8 Å². The van der Waals surface area contributed by atoms with Crippen LogP contribution in [0.2, 0.25) is 0 Å². The van der Waals surface area contributed by atoms with E-state index in [9.17, 15) is 18.0 Å². The fraction of sp³-hybridized carbons (Fsp3) is 0.800. The highest BCUT2D eigenvalue weighted by Gasteiger charge is 2.51. The first kappa shape index (κ1) is 16.9. The Bertz CT molecular complexity index is 392. The number of carbonyl (C=O) groups excluding carboxylic acids is 2. The summed E-state index contributed by atoms with van der Waals surface area (Å²) in [4.78, 5) is 23.3. The molecular weight excluding hydrogens is 264 g/mol. The molecule has 0 atom stereocenters. The number of carbonyl (C=O) groups is 2. The topological polar surface area (TPSA) is 107 Å². The second-order valence-electron chi connectivity index (χ2n) is 4.02. The lowest BCUT2D eigenvalue weighted by Gasteiger charge is -2.27. The molecule has 0 aliphatic heterocycles. The molecule has 0 amide bonds. The Morgan fingerprint density at radius 3 is 1.67 bits per heavy atom. The zero-order valence-corrected chi connectivity index (χ0v) is 11.6. The standard InChI is InChI=1S/C10H18O7S/c1-5-16-8(11)7(9(12)17-6-2)10(3,4)18(13,14)15/h7H,5-6H2,1-4H3,(H,13,14,15). The van der Waals surface area contributed by atoms with Crippen LogP contribution in [0, 0.1) is 5.92 Å². The summed E-state index contributed by atoms with van der Waals surface area (Å²) in [5, 5.41) is 0. The van der Waals surface area contributed by atoms with Gasteiger partial charge in [-0.05, 0) is 27.7 Å². The minimum atomic E-state index is -4.63. The zero-order valence-electron chi connectivity index (χ0n) is 10.8. The molecule has 0 aromatic heterocycles. The molecule has 0 saturated carbocycles. The van der Waals surface area contributed by atoms with Gasteiger partial charge in [-0.1, -0.05) is 0 Å². The van der Waals surface area contributed by atoms with Crippen molar-refractivity contribution in [3.05, 3.63) is 0 Å². The van der Waals surface area contributed by atoms with Crippen LogP contribution < -0.4 is 0 Å². The first-order valence-corrected chi connectivity index (χ1v) is 6.83. The Hall–Kier alpha value is -1.15. The molecule has 0 heterocycles. The number of hydrogen-bond acceptors (Lipinski definition) is 6. The van der Waals surface area contributed by atoms with Crippen LogP contribution in [0.5, 0.6) is 0 Å². The van der Waals surface area contributed by atoms with Crippen molar-refractivity contribution in [1.29, 1.82) is 0 Å². The monoisotopic (exact) mass is 282 g/mol. The van der Waals surface area contributed by atoms with Crippen molar-refractivity contribution in [3.8, 4) is 0 Å². The minimum Gasteiger partial charge on any atom is -0.465 e. The van der Waals surface area contributed by atoms with Gasteiger partial charge < -0.3 is 9.47 Å². The lowest BCUT2D eigenvalue weighted by Crippen LogP contribution is -2.49. The van der Waals surface area contributed by atoms with E-state index in [0.717, 1.165) is 13.8 Å². The summed E-state index contributed by atoms with van der Waals surface area (Å²) in [6.07, 6.45) is 0. The molecule has 0 unspecified atom stereocenters.